The number of benzene rings is 1. The average molecular weight is 249 g/mol. The third kappa shape index (κ3) is 4.30. The largest absolute Gasteiger partial charge is 0.466 e. The van der Waals surface area contributed by atoms with Crippen molar-refractivity contribution >= 4 is 11.8 Å². The molecule has 0 saturated carbocycles. The van der Waals surface area contributed by atoms with Gasteiger partial charge in [-0.05, 0) is 13.5 Å². The normalized spacial score (nSPS) is 11.9. The monoisotopic (exact) mass is 249 g/mol. The van der Waals surface area contributed by atoms with E-state index in [9.17, 15) is 9.59 Å². The molecule has 1 aromatic rings. The number of hydrogen-bond acceptors (Lipinski definition) is 4. The van der Waals surface area contributed by atoms with Crippen LogP contribution in [0.2, 0.25) is 0 Å². The molecule has 98 valence electrons. The Labute approximate surface area is 107 Å². The first-order valence-corrected chi connectivity index (χ1v) is 6.17. The topological polar surface area (TPSA) is 55.4 Å². The predicted molar refractivity (Wildman–Crippen MR) is 69.5 cm³/mol. The molecule has 0 aliphatic heterocycles. The molecule has 1 N–H and O–H groups in total. The number of hydrogen-bond donors (Lipinski definition) is 1. The molecule has 0 amide bonds. The Morgan fingerprint density at radius 3 is 2.44 bits per heavy atom. The lowest BCUT2D eigenvalue weighted by molar-refractivity contribution is -0.143. The van der Waals surface area contributed by atoms with Crippen LogP contribution in [0, 0.1) is 0 Å². The van der Waals surface area contributed by atoms with Crippen molar-refractivity contribution in [2.45, 2.75) is 26.3 Å². The SMILES string of the molecule is CCNC(CC(=O)OCC)C(=O)c1ccccc1. The Bertz CT molecular complexity index is 389. The van der Waals surface area contributed by atoms with Crippen molar-refractivity contribution in [2.75, 3.05) is 13.2 Å². The molecule has 1 rings (SSSR count). The second kappa shape index (κ2) is 7.61. The fourth-order valence-electron chi connectivity index (χ4n) is 1.69. The van der Waals surface area contributed by atoms with Gasteiger partial charge in [-0.2, -0.15) is 0 Å². The van der Waals surface area contributed by atoms with E-state index >= 15 is 0 Å². The number of rotatable bonds is 7. The summed E-state index contributed by atoms with van der Waals surface area (Å²) in [5.41, 5.74) is 0.604. The van der Waals surface area contributed by atoms with Crippen molar-refractivity contribution in [3.05, 3.63) is 35.9 Å². The quantitative estimate of drug-likeness (QED) is 0.591. The number of carbonyl (C=O) groups excluding carboxylic acids is 2. The van der Waals surface area contributed by atoms with Crippen LogP contribution in [-0.2, 0) is 9.53 Å². The van der Waals surface area contributed by atoms with E-state index in [4.69, 9.17) is 4.74 Å². The predicted octanol–water partition coefficient (Wildman–Crippen LogP) is 1.80. The third-order valence-corrected chi connectivity index (χ3v) is 2.50. The molecule has 0 spiro atoms. The van der Waals surface area contributed by atoms with Crippen molar-refractivity contribution < 1.29 is 14.3 Å². The van der Waals surface area contributed by atoms with Gasteiger partial charge in [0, 0.05) is 5.56 Å². The van der Waals surface area contributed by atoms with Gasteiger partial charge >= 0.3 is 5.97 Å². The van der Waals surface area contributed by atoms with Crippen LogP contribution in [0.3, 0.4) is 0 Å². The number of esters is 1. The maximum Gasteiger partial charge on any atom is 0.307 e. The first kappa shape index (κ1) is 14.4. The van der Waals surface area contributed by atoms with Crippen LogP contribution in [0.1, 0.15) is 30.6 Å². The van der Waals surface area contributed by atoms with E-state index in [1.165, 1.54) is 0 Å². The highest BCUT2D eigenvalue weighted by molar-refractivity contribution is 6.01. The van der Waals surface area contributed by atoms with Gasteiger partial charge in [-0.1, -0.05) is 37.3 Å². The van der Waals surface area contributed by atoms with Gasteiger partial charge in [0.1, 0.15) is 0 Å². The van der Waals surface area contributed by atoms with E-state index in [1.807, 2.05) is 13.0 Å². The maximum atomic E-state index is 12.2. The Hall–Kier alpha value is -1.68. The summed E-state index contributed by atoms with van der Waals surface area (Å²) >= 11 is 0. The van der Waals surface area contributed by atoms with Gasteiger partial charge in [-0.15, -0.1) is 0 Å². The molecule has 0 radical (unpaired) electrons. The molecule has 1 atom stereocenters. The molecule has 0 fully saturated rings. The van der Waals surface area contributed by atoms with Gasteiger partial charge in [-0.25, -0.2) is 0 Å². The van der Waals surface area contributed by atoms with Gasteiger partial charge in [-0.3, -0.25) is 9.59 Å². The first-order chi connectivity index (χ1) is 8.69. The summed E-state index contributed by atoms with van der Waals surface area (Å²) in [6.45, 7) is 4.61. The number of likely N-dealkylation sites (N-methyl/N-ethyl adjacent to an activating group) is 1. The summed E-state index contributed by atoms with van der Waals surface area (Å²) in [4.78, 5) is 23.7. The fraction of sp³-hybridized carbons (Fsp3) is 0.429. The molecule has 0 aromatic heterocycles. The molecule has 0 aliphatic carbocycles. The Morgan fingerprint density at radius 2 is 1.89 bits per heavy atom. The van der Waals surface area contributed by atoms with Crippen LogP contribution in [0.25, 0.3) is 0 Å². The molecule has 0 bridgehead atoms. The lowest BCUT2D eigenvalue weighted by atomic mass is 10.0. The molecule has 0 aliphatic rings. The summed E-state index contributed by atoms with van der Waals surface area (Å²) in [7, 11) is 0. The second-order valence-electron chi connectivity index (χ2n) is 3.85. The van der Waals surface area contributed by atoms with E-state index in [0.29, 0.717) is 18.7 Å². The third-order valence-electron chi connectivity index (χ3n) is 2.50. The highest BCUT2D eigenvalue weighted by Gasteiger charge is 2.22. The van der Waals surface area contributed by atoms with Gasteiger partial charge in [0.05, 0.1) is 19.1 Å². The Balaban J connectivity index is 2.72. The van der Waals surface area contributed by atoms with E-state index in [2.05, 4.69) is 5.32 Å². The lowest BCUT2D eigenvalue weighted by Crippen LogP contribution is -2.38. The number of nitrogens with one attached hydrogen (secondary N) is 1. The van der Waals surface area contributed by atoms with Gasteiger partial charge in [0.15, 0.2) is 5.78 Å². The van der Waals surface area contributed by atoms with Crippen LogP contribution in [0.5, 0.6) is 0 Å². The molecular weight excluding hydrogens is 230 g/mol. The van der Waals surface area contributed by atoms with E-state index < -0.39 is 6.04 Å². The summed E-state index contributed by atoms with van der Waals surface area (Å²) < 4.78 is 4.87. The van der Waals surface area contributed by atoms with Crippen LogP contribution >= 0.6 is 0 Å². The van der Waals surface area contributed by atoms with Gasteiger partial charge in [0.25, 0.3) is 0 Å². The lowest BCUT2D eigenvalue weighted by Gasteiger charge is -2.15. The zero-order valence-corrected chi connectivity index (χ0v) is 10.8. The number of Topliss-reactive ketones (excluding diaryl/α,β-unsaturated/α-hetero) is 1. The summed E-state index contributed by atoms with van der Waals surface area (Å²) in [6, 6.07) is 8.44. The van der Waals surface area contributed by atoms with Crippen molar-refractivity contribution in [2.24, 2.45) is 0 Å². The Morgan fingerprint density at radius 1 is 1.22 bits per heavy atom. The zero-order chi connectivity index (χ0) is 13.4. The first-order valence-electron chi connectivity index (χ1n) is 6.17. The van der Waals surface area contributed by atoms with Crippen molar-refractivity contribution in [1.29, 1.82) is 0 Å². The summed E-state index contributed by atoms with van der Waals surface area (Å²) in [5, 5.41) is 3.02. The van der Waals surface area contributed by atoms with E-state index in [-0.39, 0.29) is 18.2 Å². The second-order valence-corrected chi connectivity index (χ2v) is 3.85. The molecule has 18 heavy (non-hydrogen) atoms. The molecule has 0 saturated heterocycles. The number of ether oxygens (including phenoxy) is 1. The molecule has 1 unspecified atom stereocenters. The van der Waals surface area contributed by atoms with Gasteiger partial charge in [0.2, 0.25) is 0 Å². The Kier molecular flexibility index (Phi) is 6.08. The summed E-state index contributed by atoms with van der Waals surface area (Å²) in [6.07, 6.45) is 0.0649. The van der Waals surface area contributed by atoms with Crippen LogP contribution < -0.4 is 5.32 Å². The van der Waals surface area contributed by atoms with Gasteiger partial charge < -0.3 is 10.1 Å². The van der Waals surface area contributed by atoms with Crippen molar-refractivity contribution in [1.82, 2.24) is 5.32 Å². The van der Waals surface area contributed by atoms with Crippen molar-refractivity contribution in [3.63, 3.8) is 0 Å². The van der Waals surface area contributed by atoms with Crippen LogP contribution in [0.15, 0.2) is 30.3 Å². The van der Waals surface area contributed by atoms with E-state index in [1.54, 1.807) is 31.2 Å². The maximum absolute atomic E-state index is 12.2. The minimum absolute atomic E-state index is 0.0649. The van der Waals surface area contributed by atoms with E-state index in [0.717, 1.165) is 0 Å². The molecule has 0 heterocycles. The highest BCUT2D eigenvalue weighted by Crippen LogP contribution is 2.07. The molecule has 1 aromatic carbocycles. The minimum atomic E-state index is -0.517. The fourth-order valence-corrected chi connectivity index (χ4v) is 1.69. The zero-order valence-electron chi connectivity index (χ0n) is 10.8. The number of carbonyl (C=O) groups is 2. The molecule has 4 nitrogen and oxygen atoms in total. The van der Waals surface area contributed by atoms with Crippen LogP contribution in [-0.4, -0.2) is 30.9 Å². The smallest absolute Gasteiger partial charge is 0.307 e. The molecule has 4 heteroatoms. The number of ketones is 1. The highest BCUT2D eigenvalue weighted by atomic mass is 16.5. The standard InChI is InChI=1S/C14H19NO3/c1-3-15-12(10-13(16)18-4-2)14(17)11-8-6-5-7-9-11/h5-9,12,15H,3-4,10H2,1-2H3. The van der Waals surface area contributed by atoms with Crippen molar-refractivity contribution in [3.8, 4) is 0 Å². The molecular formula is C14H19NO3. The van der Waals surface area contributed by atoms with Crippen LogP contribution in [0.4, 0.5) is 0 Å². The summed E-state index contributed by atoms with van der Waals surface area (Å²) in [5.74, 6) is -0.432. The minimum Gasteiger partial charge on any atom is -0.466 e. The average Bonchev–Trinajstić information content (AvgIpc) is 2.39.